The lowest BCUT2D eigenvalue weighted by molar-refractivity contribution is -0.141. The number of carbonyl (C=O) groups is 4. The summed E-state index contributed by atoms with van der Waals surface area (Å²) in [7, 11) is 10.8. The van der Waals surface area contributed by atoms with E-state index in [1.165, 1.54) is 21.3 Å². The van der Waals surface area contributed by atoms with E-state index >= 15 is 0 Å². The Morgan fingerprint density at radius 3 is 1.19 bits per heavy atom. The fourth-order valence-electron chi connectivity index (χ4n) is 13.2. The van der Waals surface area contributed by atoms with Crippen molar-refractivity contribution in [2.24, 2.45) is 33.1 Å². The summed E-state index contributed by atoms with van der Waals surface area (Å²) in [5.41, 5.74) is 18.7. The minimum atomic E-state index is -0.491. The Morgan fingerprint density at radius 1 is 0.500 bits per heavy atom. The molecule has 0 bridgehead atoms. The van der Waals surface area contributed by atoms with E-state index in [0.29, 0.717) is 93.7 Å². The first-order valence-corrected chi connectivity index (χ1v) is 36.6. The van der Waals surface area contributed by atoms with Gasteiger partial charge in [0.15, 0.2) is 63.8 Å². The molecular weight excluding hydrogens is 1350 g/mol. The van der Waals surface area contributed by atoms with E-state index in [2.05, 4.69) is 110 Å². The zero-order valence-corrected chi connectivity index (χ0v) is 66.3. The van der Waals surface area contributed by atoms with Crippen LogP contribution in [0.3, 0.4) is 0 Å². The van der Waals surface area contributed by atoms with Gasteiger partial charge in [-0.3, -0.25) is 19.2 Å². The van der Waals surface area contributed by atoms with Crippen molar-refractivity contribution in [1.29, 1.82) is 0 Å². The van der Waals surface area contributed by atoms with Crippen LogP contribution in [0.15, 0.2) is 78.9 Å². The fraction of sp³-hybridized carbons (Fsp3) is 0.580. The molecule has 6 atom stereocenters. The van der Waals surface area contributed by atoms with Crippen molar-refractivity contribution in [1.82, 2.24) is 36.4 Å². The highest BCUT2D eigenvalue weighted by atomic mass is 16.7. The molecule has 4 aliphatic rings. The van der Waals surface area contributed by atoms with Gasteiger partial charge in [0.1, 0.15) is 0 Å². The minimum absolute atomic E-state index is 0.00752. The van der Waals surface area contributed by atoms with Crippen LogP contribution in [0.5, 0.6) is 57.5 Å². The molecule has 0 unspecified atom stereocenters. The summed E-state index contributed by atoms with van der Waals surface area (Å²) in [4.78, 5) is 54.2. The number of piperazine rings is 2. The van der Waals surface area contributed by atoms with Gasteiger partial charge in [-0.25, -0.2) is 0 Å². The summed E-state index contributed by atoms with van der Waals surface area (Å²) in [6.45, 7) is 30.3. The summed E-state index contributed by atoms with van der Waals surface area (Å²) in [6.07, 6.45) is 6.16. The number of aromatic hydroxyl groups is 5. The van der Waals surface area contributed by atoms with Gasteiger partial charge in [0.25, 0.3) is 0 Å². The summed E-state index contributed by atoms with van der Waals surface area (Å²) >= 11 is 0. The summed E-state index contributed by atoms with van der Waals surface area (Å²) in [5, 5.41) is 64.7. The van der Waals surface area contributed by atoms with Gasteiger partial charge < -0.3 is 107 Å². The molecule has 14 N–H and O–H groups in total. The third-order valence-corrected chi connectivity index (χ3v) is 18.5. The predicted octanol–water partition coefficient (Wildman–Crippen LogP) is 9.27. The number of amides is 4. The van der Waals surface area contributed by atoms with Gasteiger partial charge in [0.2, 0.25) is 23.6 Å². The van der Waals surface area contributed by atoms with Crippen molar-refractivity contribution in [2.45, 2.75) is 183 Å². The fourth-order valence-corrected chi connectivity index (χ4v) is 13.2. The molecule has 0 radical (unpaired) electrons. The van der Waals surface area contributed by atoms with E-state index < -0.39 is 12.3 Å². The highest BCUT2D eigenvalue weighted by Gasteiger charge is 2.42. The highest BCUT2D eigenvalue weighted by Crippen LogP contribution is 2.42. The van der Waals surface area contributed by atoms with Gasteiger partial charge in [0, 0.05) is 60.0 Å². The van der Waals surface area contributed by atoms with Crippen molar-refractivity contribution in [2.75, 3.05) is 102 Å². The number of carbonyl (C=O) groups excluding carboxylic acids is 4. The molecule has 590 valence electrons. The zero-order chi connectivity index (χ0) is 79.0. The number of ether oxygens (including phenoxy) is 7. The monoisotopic (exact) mass is 1480 g/mol. The topological polar surface area (TPSA) is 353 Å². The average molecular weight is 1480 g/mol. The maximum Gasteiger partial charge on any atom is 0.240 e. The summed E-state index contributed by atoms with van der Waals surface area (Å²) in [5.74, 6) is 3.19. The van der Waals surface area contributed by atoms with Crippen molar-refractivity contribution in [3.8, 4) is 57.5 Å². The van der Waals surface area contributed by atoms with Crippen molar-refractivity contribution >= 4 is 23.6 Å². The molecule has 2 saturated heterocycles. The maximum atomic E-state index is 12.9. The molecule has 4 heterocycles. The molecule has 25 heteroatoms. The first-order valence-electron chi connectivity index (χ1n) is 36.6. The van der Waals surface area contributed by atoms with Crippen LogP contribution in [-0.4, -0.2) is 192 Å². The Balaban J connectivity index is 0.000000242. The normalized spacial score (nSPS) is 17.4. The van der Waals surface area contributed by atoms with Crippen LogP contribution in [0.25, 0.3) is 0 Å². The third-order valence-electron chi connectivity index (χ3n) is 18.5. The number of phenolic OH excluding ortho intramolecular Hbond substituents is 5. The molecule has 4 amide bonds. The van der Waals surface area contributed by atoms with Crippen molar-refractivity contribution < 1.29 is 77.9 Å². The molecule has 0 saturated carbocycles. The molecule has 2 fully saturated rings. The van der Waals surface area contributed by atoms with E-state index in [4.69, 9.17) is 44.6 Å². The van der Waals surface area contributed by atoms with Crippen LogP contribution in [0.4, 0.5) is 0 Å². The number of hydrogen-bond donors (Lipinski definition) is 12. The maximum absolute atomic E-state index is 12.9. The molecule has 106 heavy (non-hydrogen) atoms. The van der Waals surface area contributed by atoms with Gasteiger partial charge in [-0.05, 0) is 186 Å². The Kier molecular flexibility index (Phi) is 33.8. The SMILES string of the molecule is COc1cc2c(cc1O)CCN1C(=O)[C@@H](CC(C)(C)C)NC[C@@H]21.COc1cc2c(cc1O)CCN1C(=O)[C@@H](CC(C)(C)C)NC[C@H]21.COc1ccc(CCN)cc1O.COc1ccc(CCNC(=O)[C@@H](CC(C)(C)C)NCC(OC)OC)cc1O.COc1ccc(CCNC(=O)[C@H](N)CC(C)(C)C)cc1O. The van der Waals surface area contributed by atoms with E-state index in [1.807, 2.05) is 40.1 Å². The molecule has 4 aliphatic heterocycles. The smallest absolute Gasteiger partial charge is 0.240 e. The Morgan fingerprint density at radius 2 is 0.858 bits per heavy atom. The molecular formula is C81H125N9O16. The van der Waals surface area contributed by atoms with Gasteiger partial charge in [-0.15, -0.1) is 0 Å². The number of rotatable bonds is 24. The highest BCUT2D eigenvalue weighted by molar-refractivity contribution is 5.85. The van der Waals surface area contributed by atoms with Gasteiger partial charge in [-0.1, -0.05) is 101 Å². The Labute approximate surface area is 629 Å². The Hall–Kier alpha value is -8.30. The van der Waals surface area contributed by atoms with Crippen LogP contribution < -0.4 is 61.7 Å². The molecule has 0 aromatic heterocycles. The summed E-state index contributed by atoms with van der Waals surface area (Å²) < 4.78 is 35.7. The predicted molar refractivity (Wildman–Crippen MR) is 413 cm³/mol. The number of hydrogen-bond acceptors (Lipinski definition) is 21. The summed E-state index contributed by atoms with van der Waals surface area (Å²) in [6, 6.07) is 22.1. The van der Waals surface area contributed by atoms with Crippen LogP contribution in [0.2, 0.25) is 0 Å². The number of nitrogens with zero attached hydrogens (tertiary/aromatic N) is 2. The van der Waals surface area contributed by atoms with Gasteiger partial charge >= 0.3 is 0 Å². The number of phenols is 5. The lowest BCUT2D eigenvalue weighted by atomic mass is 9.84. The van der Waals surface area contributed by atoms with E-state index in [0.717, 1.165) is 84.1 Å². The molecule has 5 aromatic rings. The lowest BCUT2D eigenvalue weighted by Gasteiger charge is -2.45. The average Bonchev–Trinajstić information content (AvgIpc) is 0.768. The molecule has 25 nitrogen and oxygen atoms in total. The quantitative estimate of drug-likeness (QED) is 0.0256. The van der Waals surface area contributed by atoms with Crippen LogP contribution in [0, 0.1) is 21.7 Å². The number of benzene rings is 5. The van der Waals surface area contributed by atoms with E-state index in [1.54, 1.807) is 77.0 Å². The first-order chi connectivity index (χ1) is 49.8. The van der Waals surface area contributed by atoms with E-state index in [9.17, 15) is 44.7 Å². The molecule has 0 aliphatic carbocycles. The van der Waals surface area contributed by atoms with E-state index in [-0.39, 0.29) is 104 Å². The first kappa shape index (κ1) is 88.3. The zero-order valence-electron chi connectivity index (χ0n) is 66.3. The number of fused-ring (bicyclic) bond motifs is 6. The molecule has 5 aromatic carbocycles. The molecule has 9 rings (SSSR count). The van der Waals surface area contributed by atoms with Crippen molar-refractivity contribution in [3.63, 3.8) is 0 Å². The third kappa shape index (κ3) is 27.5. The van der Waals surface area contributed by atoms with Gasteiger partial charge in [0.05, 0.1) is 71.8 Å². The van der Waals surface area contributed by atoms with Crippen LogP contribution >= 0.6 is 0 Å². The largest absolute Gasteiger partial charge is 0.504 e. The second kappa shape index (κ2) is 40.6. The number of methoxy groups -OCH3 is 7. The van der Waals surface area contributed by atoms with Crippen molar-refractivity contribution in [3.05, 3.63) is 118 Å². The standard InChI is InChI=1S/C20H34N2O5.2C18H26N2O3.C16H26N2O3.C9H13NO2/c1-20(2,3)12-15(22-13-18(26-5)27-6)19(24)21-10-9-14-7-8-17(25-4)16(23)11-14;2*1-18(2,3)9-13-17(22)20-6-5-11-7-15(21)16(23-4)8-12(11)14(20)10-19-13;1-16(2,3)10-12(17)15(20)18-8-7-11-5-6-14(21-4)13(19)9-11;1-12-9-3-2-7(4-5-10)6-8(9)11/h7-8,11,15,18,22-23H,9-10,12-13H2,1-6H3,(H,21,24);2*7-8,13-14,19,21H,5-6,9-10H2,1-4H3;5-6,9,12,19H,7-8,10,17H2,1-4H3,(H,18,20);2-3,6,11H,4-5,10H2,1H3/t15-;13-,14+;13-,14-;12-;/m1111./s1. The second-order valence-electron chi connectivity index (χ2n) is 32.1. The minimum Gasteiger partial charge on any atom is -0.504 e. The number of nitrogens with one attached hydrogen (secondary N) is 5. The van der Waals surface area contributed by atoms with Crippen LogP contribution in [-0.2, 0) is 60.8 Å². The second-order valence-corrected chi connectivity index (χ2v) is 32.1. The lowest BCUT2D eigenvalue weighted by Crippen LogP contribution is -2.58. The van der Waals surface area contributed by atoms with Gasteiger partial charge in [-0.2, -0.15) is 0 Å². The molecule has 0 spiro atoms. The van der Waals surface area contributed by atoms with Crippen LogP contribution in [0.1, 0.15) is 160 Å². The number of nitrogens with two attached hydrogens (primary N) is 2. The Bertz CT molecular complexity index is 3530.